The molecule has 1 aliphatic rings. The van der Waals surface area contributed by atoms with Crippen LogP contribution in [0, 0.1) is 0 Å². The SMILES string of the molecule is CCc1cc(CN2CCNC(C)(CC)C2)n(C)n1. The molecule has 1 atom stereocenters. The van der Waals surface area contributed by atoms with Gasteiger partial charge in [0.15, 0.2) is 0 Å². The van der Waals surface area contributed by atoms with Crippen LogP contribution < -0.4 is 5.32 Å². The van der Waals surface area contributed by atoms with Gasteiger partial charge in [-0.05, 0) is 25.8 Å². The topological polar surface area (TPSA) is 33.1 Å². The largest absolute Gasteiger partial charge is 0.309 e. The number of nitrogens with zero attached hydrogens (tertiary/aromatic N) is 3. The van der Waals surface area contributed by atoms with Crippen LogP contribution in [0.2, 0.25) is 0 Å². The van der Waals surface area contributed by atoms with Crippen molar-refractivity contribution in [3.05, 3.63) is 17.5 Å². The average Bonchev–Trinajstić information content (AvgIpc) is 2.70. The predicted molar refractivity (Wildman–Crippen MR) is 74.6 cm³/mol. The molecule has 1 unspecified atom stereocenters. The molecule has 0 radical (unpaired) electrons. The second-order valence-corrected chi connectivity index (χ2v) is 5.66. The molecule has 1 fully saturated rings. The van der Waals surface area contributed by atoms with E-state index in [9.17, 15) is 0 Å². The maximum Gasteiger partial charge on any atom is 0.0625 e. The van der Waals surface area contributed by atoms with E-state index in [1.54, 1.807) is 0 Å². The lowest BCUT2D eigenvalue weighted by Gasteiger charge is -2.41. The van der Waals surface area contributed by atoms with Crippen LogP contribution in [0.3, 0.4) is 0 Å². The molecule has 0 aliphatic carbocycles. The van der Waals surface area contributed by atoms with Crippen LogP contribution in [-0.2, 0) is 20.0 Å². The highest BCUT2D eigenvalue weighted by Crippen LogP contribution is 2.17. The minimum atomic E-state index is 0.268. The van der Waals surface area contributed by atoms with Crippen LogP contribution in [0.1, 0.15) is 38.6 Å². The fourth-order valence-corrected chi connectivity index (χ4v) is 2.64. The van der Waals surface area contributed by atoms with Crippen LogP contribution >= 0.6 is 0 Å². The van der Waals surface area contributed by atoms with Crippen LogP contribution in [0.25, 0.3) is 0 Å². The molecule has 4 nitrogen and oxygen atoms in total. The predicted octanol–water partition coefficient (Wildman–Crippen LogP) is 1.56. The molecule has 1 aliphatic heterocycles. The molecular formula is C14H26N4. The average molecular weight is 250 g/mol. The summed E-state index contributed by atoms with van der Waals surface area (Å²) in [5.41, 5.74) is 2.79. The molecule has 0 bridgehead atoms. The summed E-state index contributed by atoms with van der Waals surface area (Å²) < 4.78 is 2.03. The van der Waals surface area contributed by atoms with Crippen molar-refractivity contribution >= 4 is 0 Å². The summed E-state index contributed by atoms with van der Waals surface area (Å²) in [6.07, 6.45) is 2.19. The first-order valence-corrected chi connectivity index (χ1v) is 7.05. The van der Waals surface area contributed by atoms with Crippen molar-refractivity contribution in [2.75, 3.05) is 19.6 Å². The third-order valence-electron chi connectivity index (χ3n) is 4.11. The summed E-state index contributed by atoms with van der Waals surface area (Å²) in [4.78, 5) is 2.54. The molecule has 4 heteroatoms. The monoisotopic (exact) mass is 250 g/mol. The number of hydrogen-bond acceptors (Lipinski definition) is 3. The van der Waals surface area contributed by atoms with E-state index in [1.807, 2.05) is 4.68 Å². The number of nitrogens with one attached hydrogen (secondary N) is 1. The summed E-state index contributed by atoms with van der Waals surface area (Å²) >= 11 is 0. The third kappa shape index (κ3) is 2.93. The van der Waals surface area contributed by atoms with E-state index in [2.05, 4.69) is 49.2 Å². The Kier molecular flexibility index (Phi) is 4.07. The van der Waals surface area contributed by atoms with E-state index >= 15 is 0 Å². The van der Waals surface area contributed by atoms with E-state index in [0.717, 1.165) is 32.6 Å². The lowest BCUT2D eigenvalue weighted by Crippen LogP contribution is -2.58. The van der Waals surface area contributed by atoms with Gasteiger partial charge in [-0.15, -0.1) is 0 Å². The fourth-order valence-electron chi connectivity index (χ4n) is 2.64. The Balaban J connectivity index is 2.02. The maximum absolute atomic E-state index is 4.53. The molecule has 0 spiro atoms. The standard InChI is InChI=1S/C14H26N4/c1-5-12-9-13(17(4)16-12)10-18-8-7-15-14(3,6-2)11-18/h9,15H,5-8,10-11H2,1-4H3. The van der Waals surface area contributed by atoms with E-state index < -0.39 is 0 Å². The highest BCUT2D eigenvalue weighted by molar-refractivity contribution is 5.10. The lowest BCUT2D eigenvalue weighted by atomic mass is 9.96. The van der Waals surface area contributed by atoms with Gasteiger partial charge < -0.3 is 5.32 Å². The summed E-state index contributed by atoms with van der Waals surface area (Å²) in [6, 6.07) is 2.24. The molecule has 1 aromatic rings. The molecular weight excluding hydrogens is 224 g/mol. The Morgan fingerprint density at radius 3 is 2.83 bits per heavy atom. The first-order chi connectivity index (χ1) is 8.56. The minimum absolute atomic E-state index is 0.268. The van der Waals surface area contributed by atoms with Crippen LogP contribution in [0.15, 0.2) is 6.07 Å². The van der Waals surface area contributed by atoms with Gasteiger partial charge in [-0.2, -0.15) is 5.10 Å². The van der Waals surface area contributed by atoms with Crippen molar-refractivity contribution in [3.63, 3.8) is 0 Å². The van der Waals surface area contributed by atoms with Crippen molar-refractivity contribution in [1.82, 2.24) is 20.0 Å². The Hall–Kier alpha value is -0.870. The number of hydrogen-bond donors (Lipinski definition) is 1. The molecule has 1 saturated heterocycles. The van der Waals surface area contributed by atoms with Gasteiger partial charge in [-0.25, -0.2) is 0 Å². The van der Waals surface area contributed by atoms with Crippen LogP contribution in [-0.4, -0.2) is 39.9 Å². The highest BCUT2D eigenvalue weighted by Gasteiger charge is 2.28. The Morgan fingerprint density at radius 1 is 1.44 bits per heavy atom. The van der Waals surface area contributed by atoms with Crippen molar-refractivity contribution in [2.45, 2.75) is 45.7 Å². The molecule has 2 heterocycles. The Morgan fingerprint density at radius 2 is 2.22 bits per heavy atom. The van der Waals surface area contributed by atoms with Crippen LogP contribution in [0.5, 0.6) is 0 Å². The molecule has 1 N–H and O–H groups in total. The quantitative estimate of drug-likeness (QED) is 0.880. The Bertz CT molecular complexity index is 398. The number of rotatable bonds is 4. The van der Waals surface area contributed by atoms with Gasteiger partial charge in [0.2, 0.25) is 0 Å². The number of aryl methyl sites for hydroxylation is 2. The van der Waals surface area contributed by atoms with Crippen molar-refractivity contribution in [2.24, 2.45) is 7.05 Å². The van der Waals surface area contributed by atoms with Gasteiger partial charge in [0.05, 0.1) is 11.4 Å². The van der Waals surface area contributed by atoms with Crippen molar-refractivity contribution in [1.29, 1.82) is 0 Å². The van der Waals surface area contributed by atoms with E-state index in [-0.39, 0.29) is 5.54 Å². The van der Waals surface area contributed by atoms with E-state index in [1.165, 1.54) is 17.8 Å². The minimum Gasteiger partial charge on any atom is -0.309 e. The van der Waals surface area contributed by atoms with Gasteiger partial charge in [0, 0.05) is 38.8 Å². The zero-order valence-electron chi connectivity index (χ0n) is 12.2. The van der Waals surface area contributed by atoms with Crippen LogP contribution in [0.4, 0.5) is 0 Å². The smallest absolute Gasteiger partial charge is 0.0625 e. The number of piperazine rings is 1. The molecule has 0 saturated carbocycles. The van der Waals surface area contributed by atoms with Gasteiger partial charge in [0.1, 0.15) is 0 Å². The fraction of sp³-hybridized carbons (Fsp3) is 0.786. The summed E-state index contributed by atoms with van der Waals surface area (Å²) in [5, 5.41) is 8.15. The summed E-state index contributed by atoms with van der Waals surface area (Å²) in [7, 11) is 2.05. The van der Waals surface area contributed by atoms with Gasteiger partial charge in [-0.1, -0.05) is 13.8 Å². The Labute approximate surface area is 110 Å². The number of aromatic nitrogens is 2. The zero-order chi connectivity index (χ0) is 13.2. The normalized spacial score (nSPS) is 25.6. The van der Waals surface area contributed by atoms with Crippen molar-refractivity contribution in [3.8, 4) is 0 Å². The lowest BCUT2D eigenvalue weighted by molar-refractivity contribution is 0.131. The molecule has 1 aromatic heterocycles. The first-order valence-electron chi connectivity index (χ1n) is 7.05. The van der Waals surface area contributed by atoms with E-state index in [0.29, 0.717) is 0 Å². The molecule has 18 heavy (non-hydrogen) atoms. The summed E-state index contributed by atoms with van der Waals surface area (Å²) in [6.45, 7) is 11.1. The highest BCUT2D eigenvalue weighted by atomic mass is 15.3. The summed E-state index contributed by atoms with van der Waals surface area (Å²) in [5.74, 6) is 0. The van der Waals surface area contributed by atoms with E-state index in [4.69, 9.17) is 0 Å². The van der Waals surface area contributed by atoms with Gasteiger partial charge >= 0.3 is 0 Å². The third-order valence-corrected chi connectivity index (χ3v) is 4.11. The molecule has 102 valence electrons. The zero-order valence-corrected chi connectivity index (χ0v) is 12.2. The molecule has 0 aromatic carbocycles. The second kappa shape index (κ2) is 5.41. The second-order valence-electron chi connectivity index (χ2n) is 5.66. The maximum atomic E-state index is 4.53. The first kappa shape index (κ1) is 13.6. The van der Waals surface area contributed by atoms with Gasteiger partial charge in [0.25, 0.3) is 0 Å². The molecule has 2 rings (SSSR count). The molecule has 0 amide bonds. The van der Waals surface area contributed by atoms with Gasteiger partial charge in [-0.3, -0.25) is 9.58 Å². The van der Waals surface area contributed by atoms with Crippen molar-refractivity contribution < 1.29 is 0 Å².